The summed E-state index contributed by atoms with van der Waals surface area (Å²) in [4.78, 5) is 8.21. The average Bonchev–Trinajstić information content (AvgIpc) is 2.92. The van der Waals surface area contributed by atoms with Crippen molar-refractivity contribution in [2.75, 3.05) is 32.4 Å². The van der Waals surface area contributed by atoms with E-state index in [2.05, 4.69) is 71.6 Å². The minimum Gasteiger partial charge on any atom is -0.356 e. The highest BCUT2D eigenvalue weighted by Crippen LogP contribution is 2.18. The third kappa shape index (κ3) is 5.74. The Balaban J connectivity index is 1.71. The van der Waals surface area contributed by atoms with E-state index in [4.69, 9.17) is 0 Å². The monoisotopic (exact) mass is 334 g/mol. The Kier molecular flexibility index (Phi) is 7.24. The SMILES string of the molecule is CN=C(NCCSc1ccccc1)NC1CN(C(C)C)CC1C. The first kappa shape index (κ1) is 18.1. The molecule has 1 saturated heterocycles. The van der Waals surface area contributed by atoms with Crippen molar-refractivity contribution in [2.24, 2.45) is 10.9 Å². The number of rotatable bonds is 6. The number of likely N-dealkylation sites (tertiary alicyclic amines) is 1. The van der Waals surface area contributed by atoms with Crippen LogP contribution < -0.4 is 10.6 Å². The number of hydrogen-bond acceptors (Lipinski definition) is 3. The van der Waals surface area contributed by atoms with Gasteiger partial charge in [0.05, 0.1) is 0 Å². The van der Waals surface area contributed by atoms with Crippen LogP contribution in [0.15, 0.2) is 40.2 Å². The second-order valence-corrected chi connectivity index (χ2v) is 7.60. The van der Waals surface area contributed by atoms with Crippen LogP contribution in [0.1, 0.15) is 20.8 Å². The molecule has 1 aromatic carbocycles. The van der Waals surface area contributed by atoms with Gasteiger partial charge in [0.15, 0.2) is 5.96 Å². The third-order valence-corrected chi connectivity index (χ3v) is 5.34. The largest absolute Gasteiger partial charge is 0.356 e. The van der Waals surface area contributed by atoms with Gasteiger partial charge in [-0.3, -0.25) is 9.89 Å². The second-order valence-electron chi connectivity index (χ2n) is 6.44. The molecule has 1 fully saturated rings. The topological polar surface area (TPSA) is 39.7 Å². The van der Waals surface area contributed by atoms with Crippen LogP contribution in [0.5, 0.6) is 0 Å². The Bertz CT molecular complexity index is 489. The molecule has 1 aromatic rings. The van der Waals surface area contributed by atoms with Gasteiger partial charge >= 0.3 is 0 Å². The number of guanidine groups is 1. The van der Waals surface area contributed by atoms with Crippen molar-refractivity contribution in [1.82, 2.24) is 15.5 Å². The van der Waals surface area contributed by atoms with Crippen LogP contribution in [0.4, 0.5) is 0 Å². The lowest BCUT2D eigenvalue weighted by molar-refractivity contribution is 0.265. The molecule has 1 aliphatic rings. The maximum atomic E-state index is 4.37. The molecular weight excluding hydrogens is 304 g/mol. The average molecular weight is 335 g/mol. The molecule has 23 heavy (non-hydrogen) atoms. The van der Waals surface area contributed by atoms with Gasteiger partial charge < -0.3 is 10.6 Å². The Morgan fingerprint density at radius 1 is 1.30 bits per heavy atom. The van der Waals surface area contributed by atoms with Crippen molar-refractivity contribution in [2.45, 2.75) is 37.8 Å². The highest BCUT2D eigenvalue weighted by molar-refractivity contribution is 7.99. The van der Waals surface area contributed by atoms with Gasteiger partial charge in [0, 0.05) is 49.4 Å². The minimum atomic E-state index is 0.477. The lowest BCUT2D eigenvalue weighted by atomic mass is 10.1. The Morgan fingerprint density at radius 3 is 2.65 bits per heavy atom. The van der Waals surface area contributed by atoms with Gasteiger partial charge in [0.2, 0.25) is 0 Å². The fourth-order valence-electron chi connectivity index (χ4n) is 2.84. The summed E-state index contributed by atoms with van der Waals surface area (Å²) in [7, 11) is 1.85. The predicted molar refractivity (Wildman–Crippen MR) is 101 cm³/mol. The molecule has 1 aliphatic heterocycles. The molecule has 128 valence electrons. The van der Waals surface area contributed by atoms with Crippen LogP contribution in [-0.4, -0.2) is 55.4 Å². The maximum absolute atomic E-state index is 4.37. The smallest absolute Gasteiger partial charge is 0.191 e. The molecule has 4 nitrogen and oxygen atoms in total. The Labute approximate surface area is 145 Å². The molecule has 2 unspecified atom stereocenters. The molecule has 2 atom stereocenters. The first-order chi connectivity index (χ1) is 11.1. The van der Waals surface area contributed by atoms with Gasteiger partial charge in [-0.2, -0.15) is 0 Å². The van der Waals surface area contributed by atoms with Crippen LogP contribution in [-0.2, 0) is 0 Å². The fraction of sp³-hybridized carbons (Fsp3) is 0.611. The highest BCUT2D eigenvalue weighted by atomic mass is 32.2. The molecule has 0 saturated carbocycles. The van der Waals surface area contributed by atoms with E-state index in [1.165, 1.54) is 4.90 Å². The lowest BCUT2D eigenvalue weighted by Gasteiger charge is -2.21. The first-order valence-corrected chi connectivity index (χ1v) is 9.47. The zero-order chi connectivity index (χ0) is 16.7. The van der Waals surface area contributed by atoms with Gasteiger partial charge in [-0.25, -0.2) is 0 Å². The molecule has 0 spiro atoms. The standard InChI is InChI=1S/C18H30N4S/c1-14(2)22-12-15(3)17(13-22)21-18(19-4)20-10-11-23-16-8-6-5-7-9-16/h5-9,14-15,17H,10-13H2,1-4H3,(H2,19,20,21). The van der Waals surface area contributed by atoms with Crippen LogP contribution in [0, 0.1) is 5.92 Å². The summed E-state index contributed by atoms with van der Waals surface area (Å²) in [5.41, 5.74) is 0. The number of aliphatic imine (C=N–C) groups is 1. The zero-order valence-electron chi connectivity index (χ0n) is 14.7. The summed E-state index contributed by atoms with van der Waals surface area (Å²) >= 11 is 1.87. The van der Waals surface area contributed by atoms with Crippen molar-refractivity contribution >= 4 is 17.7 Å². The van der Waals surface area contributed by atoms with Crippen molar-refractivity contribution in [3.63, 3.8) is 0 Å². The van der Waals surface area contributed by atoms with Gasteiger partial charge in [-0.05, 0) is 31.9 Å². The highest BCUT2D eigenvalue weighted by Gasteiger charge is 2.31. The fourth-order valence-corrected chi connectivity index (χ4v) is 3.63. The van der Waals surface area contributed by atoms with Crippen LogP contribution in [0.3, 0.4) is 0 Å². The summed E-state index contributed by atoms with van der Waals surface area (Å²) in [5.74, 6) is 2.60. The molecule has 1 heterocycles. The first-order valence-electron chi connectivity index (χ1n) is 8.49. The van der Waals surface area contributed by atoms with E-state index in [9.17, 15) is 0 Å². The van der Waals surface area contributed by atoms with Crippen molar-refractivity contribution < 1.29 is 0 Å². The number of nitrogens with zero attached hydrogens (tertiary/aromatic N) is 2. The number of benzene rings is 1. The van der Waals surface area contributed by atoms with Crippen LogP contribution in [0.25, 0.3) is 0 Å². The van der Waals surface area contributed by atoms with Crippen LogP contribution in [0.2, 0.25) is 0 Å². The van der Waals surface area contributed by atoms with Crippen molar-refractivity contribution in [3.05, 3.63) is 30.3 Å². The van der Waals surface area contributed by atoms with E-state index in [0.29, 0.717) is 18.0 Å². The summed E-state index contributed by atoms with van der Waals surface area (Å²) in [6.07, 6.45) is 0. The summed E-state index contributed by atoms with van der Waals surface area (Å²) < 4.78 is 0. The van der Waals surface area contributed by atoms with E-state index in [1.54, 1.807) is 0 Å². The lowest BCUT2D eigenvalue weighted by Crippen LogP contribution is -2.47. The summed E-state index contributed by atoms with van der Waals surface area (Å²) in [6.45, 7) is 10.0. The molecule has 0 radical (unpaired) electrons. The molecule has 0 amide bonds. The van der Waals surface area contributed by atoms with Gasteiger partial charge in [-0.1, -0.05) is 25.1 Å². The second kappa shape index (κ2) is 9.18. The molecule has 0 aliphatic carbocycles. The molecule has 5 heteroatoms. The molecule has 2 rings (SSSR count). The number of nitrogens with one attached hydrogen (secondary N) is 2. The van der Waals surface area contributed by atoms with Gasteiger partial charge in [0.25, 0.3) is 0 Å². The Hall–Kier alpha value is -1.20. The maximum Gasteiger partial charge on any atom is 0.191 e. The summed E-state index contributed by atoms with van der Waals surface area (Å²) in [5, 5.41) is 7.02. The van der Waals surface area contributed by atoms with E-state index >= 15 is 0 Å². The summed E-state index contributed by atoms with van der Waals surface area (Å²) in [6, 6.07) is 11.6. The molecule has 0 aromatic heterocycles. The van der Waals surface area contributed by atoms with E-state index in [0.717, 1.165) is 31.3 Å². The van der Waals surface area contributed by atoms with E-state index in [1.807, 2.05) is 18.8 Å². The van der Waals surface area contributed by atoms with E-state index < -0.39 is 0 Å². The van der Waals surface area contributed by atoms with Crippen LogP contribution >= 0.6 is 11.8 Å². The normalized spacial score (nSPS) is 22.6. The van der Waals surface area contributed by atoms with E-state index in [-0.39, 0.29) is 0 Å². The van der Waals surface area contributed by atoms with Crippen molar-refractivity contribution in [3.8, 4) is 0 Å². The van der Waals surface area contributed by atoms with Gasteiger partial charge in [0.1, 0.15) is 0 Å². The molecule has 2 N–H and O–H groups in total. The zero-order valence-corrected chi connectivity index (χ0v) is 15.6. The minimum absolute atomic E-state index is 0.477. The Morgan fingerprint density at radius 2 is 2.04 bits per heavy atom. The number of hydrogen-bond donors (Lipinski definition) is 2. The number of thioether (sulfide) groups is 1. The van der Waals surface area contributed by atoms with Crippen molar-refractivity contribution in [1.29, 1.82) is 0 Å². The predicted octanol–water partition coefficient (Wildman–Crippen LogP) is 2.67. The molecular formula is C18H30N4S. The quantitative estimate of drug-likeness (QED) is 0.363. The van der Waals surface area contributed by atoms with Gasteiger partial charge in [-0.15, -0.1) is 11.8 Å². The molecule has 0 bridgehead atoms. The third-order valence-electron chi connectivity index (χ3n) is 4.32.